The van der Waals surface area contributed by atoms with E-state index in [9.17, 15) is 13.2 Å². The predicted molar refractivity (Wildman–Crippen MR) is 69.3 cm³/mol. The fourth-order valence-corrected chi connectivity index (χ4v) is 4.06. The Bertz CT molecular complexity index is 573. The molecule has 0 aliphatic carbocycles. The number of hydrogen-bond acceptors (Lipinski definition) is 3. The van der Waals surface area contributed by atoms with Crippen molar-refractivity contribution in [1.82, 2.24) is 0 Å². The van der Waals surface area contributed by atoms with Crippen molar-refractivity contribution in [2.45, 2.75) is 4.90 Å². The Hall–Kier alpha value is -0.590. The first-order valence-electron chi connectivity index (χ1n) is 4.85. The molecule has 17 heavy (non-hydrogen) atoms. The van der Waals surface area contributed by atoms with Gasteiger partial charge in [0.2, 0.25) is 5.91 Å². The van der Waals surface area contributed by atoms with Crippen molar-refractivity contribution in [3.05, 3.63) is 22.7 Å². The van der Waals surface area contributed by atoms with Crippen LogP contribution in [0.15, 0.2) is 27.6 Å². The lowest BCUT2D eigenvalue weighted by molar-refractivity contribution is -0.116. The molecule has 1 aromatic carbocycles. The van der Waals surface area contributed by atoms with Crippen LogP contribution < -0.4 is 4.90 Å². The van der Waals surface area contributed by atoms with Crippen LogP contribution in [0, 0.1) is 0 Å². The second kappa shape index (κ2) is 4.59. The summed E-state index contributed by atoms with van der Waals surface area (Å²) in [6, 6.07) is 4.84. The number of alkyl halides is 1. The van der Waals surface area contributed by atoms with Crippen molar-refractivity contribution < 1.29 is 13.2 Å². The van der Waals surface area contributed by atoms with E-state index in [0.29, 0.717) is 10.2 Å². The number of nitrogens with zero attached hydrogens (tertiary/aromatic N) is 1. The van der Waals surface area contributed by atoms with E-state index < -0.39 is 9.84 Å². The number of halogens is 2. The molecule has 0 bridgehead atoms. The fraction of sp³-hybridized carbons (Fsp3) is 0.300. The topological polar surface area (TPSA) is 54.5 Å². The highest BCUT2D eigenvalue weighted by atomic mass is 79.9. The molecule has 2 rings (SSSR count). The third-order valence-corrected chi connectivity index (χ3v) is 5.14. The maximum atomic E-state index is 11.9. The third-order valence-electron chi connectivity index (χ3n) is 2.55. The summed E-state index contributed by atoms with van der Waals surface area (Å²) >= 11 is 8.79. The van der Waals surface area contributed by atoms with Crippen molar-refractivity contribution in [1.29, 1.82) is 0 Å². The average Bonchev–Trinajstić information content (AvgIpc) is 2.29. The van der Waals surface area contributed by atoms with Gasteiger partial charge < -0.3 is 4.90 Å². The van der Waals surface area contributed by atoms with Crippen molar-refractivity contribution in [3.63, 3.8) is 0 Å². The van der Waals surface area contributed by atoms with Gasteiger partial charge in [-0.25, -0.2) is 8.42 Å². The van der Waals surface area contributed by atoms with Gasteiger partial charge in [0.1, 0.15) is 5.88 Å². The second-order valence-corrected chi connectivity index (χ2v) is 6.78. The monoisotopic (exact) mass is 337 g/mol. The largest absolute Gasteiger partial charge is 0.308 e. The molecule has 0 N–H and O–H groups in total. The van der Waals surface area contributed by atoms with Gasteiger partial charge in [0.15, 0.2) is 9.84 Å². The molecule has 0 radical (unpaired) electrons. The van der Waals surface area contributed by atoms with Gasteiger partial charge in [-0.05, 0) is 28.1 Å². The van der Waals surface area contributed by atoms with Gasteiger partial charge in [-0.15, -0.1) is 11.6 Å². The second-order valence-electron chi connectivity index (χ2n) is 3.58. The Morgan fingerprint density at radius 1 is 1.47 bits per heavy atom. The van der Waals surface area contributed by atoms with E-state index >= 15 is 0 Å². The minimum absolute atomic E-state index is 0.0704. The van der Waals surface area contributed by atoms with Gasteiger partial charge in [0.25, 0.3) is 0 Å². The van der Waals surface area contributed by atoms with Crippen LogP contribution in [0.1, 0.15) is 0 Å². The lowest BCUT2D eigenvalue weighted by Crippen LogP contribution is -2.40. The van der Waals surface area contributed by atoms with Crippen LogP contribution in [0.5, 0.6) is 0 Å². The molecule has 1 amide bonds. The van der Waals surface area contributed by atoms with Gasteiger partial charge in [-0.3, -0.25) is 4.79 Å². The van der Waals surface area contributed by atoms with Crippen molar-refractivity contribution in [3.8, 4) is 0 Å². The molecule has 0 aromatic heterocycles. The lowest BCUT2D eigenvalue weighted by atomic mass is 10.2. The van der Waals surface area contributed by atoms with E-state index in [1.165, 1.54) is 11.0 Å². The number of anilines is 1. The SMILES string of the molecule is O=C(CCl)N1CCS(=O)(=O)c2cccc(Br)c21. The van der Waals surface area contributed by atoms with Crippen molar-refractivity contribution >= 4 is 49.0 Å². The zero-order valence-corrected chi connectivity index (χ0v) is 11.8. The van der Waals surface area contributed by atoms with Crippen LogP contribution in [0.4, 0.5) is 5.69 Å². The summed E-state index contributed by atoms with van der Waals surface area (Å²) in [6.07, 6.45) is 0. The maximum Gasteiger partial charge on any atom is 0.242 e. The van der Waals surface area contributed by atoms with Crippen LogP contribution in [-0.2, 0) is 14.6 Å². The minimum atomic E-state index is -3.31. The molecule has 0 unspecified atom stereocenters. The van der Waals surface area contributed by atoms with Gasteiger partial charge in [0, 0.05) is 11.0 Å². The summed E-state index contributed by atoms with van der Waals surface area (Å²) in [7, 11) is -3.31. The molecule has 7 heteroatoms. The van der Waals surface area contributed by atoms with E-state index in [0.717, 1.165) is 0 Å². The number of sulfone groups is 1. The Morgan fingerprint density at radius 2 is 2.18 bits per heavy atom. The number of amides is 1. The van der Waals surface area contributed by atoms with Gasteiger partial charge >= 0.3 is 0 Å². The van der Waals surface area contributed by atoms with E-state index in [2.05, 4.69) is 15.9 Å². The molecular formula is C10H9BrClNO3S. The summed E-state index contributed by atoms with van der Waals surface area (Å²) in [5.74, 6) is -0.533. The van der Waals surface area contributed by atoms with Crippen LogP contribution in [0.2, 0.25) is 0 Å². The molecule has 0 atom stereocenters. The number of benzene rings is 1. The highest BCUT2D eigenvalue weighted by molar-refractivity contribution is 9.10. The Morgan fingerprint density at radius 3 is 2.82 bits per heavy atom. The Labute approximate surface area is 113 Å². The molecule has 1 heterocycles. The first kappa shape index (κ1) is 12.9. The molecule has 0 saturated heterocycles. The molecule has 0 saturated carbocycles. The normalized spacial score (nSPS) is 17.6. The first-order valence-corrected chi connectivity index (χ1v) is 7.83. The first-order chi connectivity index (χ1) is 7.97. The molecule has 1 aromatic rings. The van der Waals surface area contributed by atoms with E-state index in [-0.39, 0.29) is 29.0 Å². The smallest absolute Gasteiger partial charge is 0.242 e. The Balaban J connectivity index is 2.65. The number of carbonyl (C=O) groups is 1. The lowest BCUT2D eigenvalue weighted by Gasteiger charge is -2.29. The molecule has 0 fully saturated rings. The molecule has 92 valence electrons. The summed E-state index contributed by atoms with van der Waals surface area (Å²) in [6.45, 7) is 0.142. The van der Waals surface area contributed by atoms with Crippen molar-refractivity contribution in [2.24, 2.45) is 0 Å². The van der Waals surface area contributed by atoms with E-state index in [4.69, 9.17) is 11.6 Å². The Kier molecular flexibility index (Phi) is 3.47. The number of rotatable bonds is 1. The number of carbonyl (C=O) groups excluding carboxylic acids is 1. The highest BCUT2D eigenvalue weighted by Gasteiger charge is 2.32. The zero-order chi connectivity index (χ0) is 12.6. The van der Waals surface area contributed by atoms with E-state index in [1.807, 2.05) is 0 Å². The van der Waals surface area contributed by atoms with Crippen LogP contribution in [0.3, 0.4) is 0 Å². The zero-order valence-electron chi connectivity index (χ0n) is 8.69. The molecule has 4 nitrogen and oxygen atoms in total. The third kappa shape index (κ3) is 2.21. The predicted octanol–water partition coefficient (Wildman–Crippen LogP) is 1.81. The summed E-state index contributed by atoms with van der Waals surface area (Å²) in [4.78, 5) is 13.3. The molecule has 1 aliphatic heterocycles. The maximum absolute atomic E-state index is 11.9. The molecular weight excluding hydrogens is 330 g/mol. The average molecular weight is 339 g/mol. The van der Waals surface area contributed by atoms with Gasteiger partial charge in [-0.1, -0.05) is 6.07 Å². The van der Waals surface area contributed by atoms with Gasteiger partial charge in [0.05, 0.1) is 16.3 Å². The quantitative estimate of drug-likeness (QED) is 0.734. The van der Waals surface area contributed by atoms with Crippen LogP contribution >= 0.6 is 27.5 Å². The number of hydrogen-bond donors (Lipinski definition) is 0. The standard InChI is InChI=1S/C10H9BrClNO3S/c11-7-2-1-3-8-10(7)13(9(14)6-12)4-5-17(8,15)16/h1-3H,4-6H2. The summed E-state index contributed by atoms with van der Waals surface area (Å²) in [5, 5.41) is 0. The van der Waals surface area contributed by atoms with Crippen LogP contribution in [0.25, 0.3) is 0 Å². The van der Waals surface area contributed by atoms with Crippen LogP contribution in [-0.4, -0.2) is 32.5 Å². The fourth-order valence-electron chi connectivity index (χ4n) is 1.76. The van der Waals surface area contributed by atoms with E-state index in [1.54, 1.807) is 12.1 Å². The molecule has 0 spiro atoms. The van der Waals surface area contributed by atoms with Crippen molar-refractivity contribution in [2.75, 3.05) is 23.1 Å². The highest BCUT2D eigenvalue weighted by Crippen LogP contribution is 2.36. The molecule has 1 aliphatic rings. The number of fused-ring (bicyclic) bond motifs is 1. The number of para-hydroxylation sites is 1. The minimum Gasteiger partial charge on any atom is -0.308 e. The summed E-state index contributed by atoms with van der Waals surface area (Å²) in [5.41, 5.74) is 0.393. The van der Waals surface area contributed by atoms with Gasteiger partial charge in [-0.2, -0.15) is 0 Å². The summed E-state index contributed by atoms with van der Waals surface area (Å²) < 4.78 is 24.4.